The Kier molecular flexibility index (Phi) is 5.03. The van der Waals surface area contributed by atoms with E-state index in [1.807, 2.05) is 0 Å². The van der Waals surface area contributed by atoms with Crippen LogP contribution in [0.3, 0.4) is 0 Å². The molecule has 2 rings (SSSR count). The van der Waals surface area contributed by atoms with Crippen molar-refractivity contribution in [3.05, 3.63) is 28.2 Å². The number of halogens is 1. The van der Waals surface area contributed by atoms with E-state index in [2.05, 4.69) is 51.3 Å². The molecule has 3 N–H and O–H groups in total. The predicted molar refractivity (Wildman–Crippen MR) is 81.0 cm³/mol. The number of aryl methyl sites for hydroxylation is 1. The average Bonchev–Trinajstić information content (AvgIpc) is 2.37. The summed E-state index contributed by atoms with van der Waals surface area (Å²) in [6.45, 7) is 6.24. The second kappa shape index (κ2) is 6.55. The maximum Gasteiger partial charge on any atom is 0.0345 e. The number of anilines is 1. The molecule has 18 heavy (non-hydrogen) atoms. The summed E-state index contributed by atoms with van der Waals surface area (Å²) >= 11 is 3.53. The van der Waals surface area contributed by atoms with E-state index < -0.39 is 0 Å². The molecule has 1 aliphatic rings. The standard InChI is InChI=1S/C14H22BrN3/c1-11-10-13(2-3-14(11)15)17-12-4-7-18(8-5-12)9-6-16/h2-3,10,12,17H,4-9,16H2,1H3. The molecule has 0 bridgehead atoms. The molecule has 0 atom stereocenters. The molecule has 0 aliphatic carbocycles. The van der Waals surface area contributed by atoms with Gasteiger partial charge >= 0.3 is 0 Å². The van der Waals surface area contributed by atoms with Crippen LogP contribution in [0, 0.1) is 6.92 Å². The van der Waals surface area contributed by atoms with Gasteiger partial charge in [-0.2, -0.15) is 0 Å². The molecule has 4 heteroatoms. The lowest BCUT2D eigenvalue weighted by Crippen LogP contribution is -2.41. The number of nitrogens with zero attached hydrogens (tertiary/aromatic N) is 1. The molecule has 1 aromatic rings. The van der Waals surface area contributed by atoms with Gasteiger partial charge in [0.05, 0.1) is 0 Å². The quantitative estimate of drug-likeness (QED) is 0.898. The van der Waals surface area contributed by atoms with Crippen LogP contribution in [0.25, 0.3) is 0 Å². The van der Waals surface area contributed by atoms with Crippen molar-refractivity contribution < 1.29 is 0 Å². The molecule has 100 valence electrons. The highest BCUT2D eigenvalue weighted by molar-refractivity contribution is 9.10. The minimum absolute atomic E-state index is 0.597. The number of rotatable bonds is 4. The summed E-state index contributed by atoms with van der Waals surface area (Å²) in [4.78, 5) is 2.45. The van der Waals surface area contributed by atoms with Gasteiger partial charge in [-0.1, -0.05) is 15.9 Å². The van der Waals surface area contributed by atoms with Gasteiger partial charge in [0, 0.05) is 42.4 Å². The van der Waals surface area contributed by atoms with Crippen LogP contribution in [0.2, 0.25) is 0 Å². The van der Waals surface area contributed by atoms with Crippen LogP contribution in [0.15, 0.2) is 22.7 Å². The molecule has 0 aromatic heterocycles. The van der Waals surface area contributed by atoms with E-state index in [0.29, 0.717) is 6.04 Å². The Morgan fingerprint density at radius 3 is 2.72 bits per heavy atom. The molecule has 1 aliphatic heterocycles. The van der Waals surface area contributed by atoms with Crippen molar-refractivity contribution in [3.8, 4) is 0 Å². The number of nitrogens with one attached hydrogen (secondary N) is 1. The third-order valence-electron chi connectivity index (χ3n) is 3.56. The first-order chi connectivity index (χ1) is 8.69. The summed E-state index contributed by atoms with van der Waals surface area (Å²) in [6.07, 6.45) is 2.41. The molecule has 1 heterocycles. The first-order valence-electron chi connectivity index (χ1n) is 6.64. The van der Waals surface area contributed by atoms with Crippen molar-refractivity contribution in [3.63, 3.8) is 0 Å². The number of piperidine rings is 1. The highest BCUT2D eigenvalue weighted by atomic mass is 79.9. The van der Waals surface area contributed by atoms with Gasteiger partial charge in [0.1, 0.15) is 0 Å². The minimum atomic E-state index is 0.597. The molecule has 0 amide bonds. The fraction of sp³-hybridized carbons (Fsp3) is 0.571. The zero-order chi connectivity index (χ0) is 13.0. The van der Waals surface area contributed by atoms with Gasteiger partial charge in [-0.25, -0.2) is 0 Å². The third-order valence-corrected chi connectivity index (χ3v) is 4.45. The van der Waals surface area contributed by atoms with Gasteiger partial charge in [-0.05, 0) is 43.5 Å². The molecule has 0 saturated carbocycles. The van der Waals surface area contributed by atoms with E-state index in [1.54, 1.807) is 0 Å². The molecule has 1 fully saturated rings. The van der Waals surface area contributed by atoms with Crippen molar-refractivity contribution in [1.29, 1.82) is 0 Å². The summed E-state index contributed by atoms with van der Waals surface area (Å²) in [6, 6.07) is 7.06. The van der Waals surface area contributed by atoms with E-state index >= 15 is 0 Å². The molecule has 3 nitrogen and oxygen atoms in total. The maximum absolute atomic E-state index is 5.59. The first kappa shape index (κ1) is 13.8. The number of hydrogen-bond donors (Lipinski definition) is 2. The highest BCUT2D eigenvalue weighted by Crippen LogP contribution is 2.22. The van der Waals surface area contributed by atoms with E-state index in [0.717, 1.165) is 26.2 Å². The number of benzene rings is 1. The Labute approximate surface area is 118 Å². The zero-order valence-electron chi connectivity index (χ0n) is 11.0. The topological polar surface area (TPSA) is 41.3 Å². The molecular weight excluding hydrogens is 290 g/mol. The van der Waals surface area contributed by atoms with Crippen LogP contribution in [-0.2, 0) is 0 Å². The fourth-order valence-corrected chi connectivity index (χ4v) is 2.70. The lowest BCUT2D eigenvalue weighted by Gasteiger charge is -2.32. The van der Waals surface area contributed by atoms with E-state index in [4.69, 9.17) is 5.73 Å². The molecular formula is C14H22BrN3. The smallest absolute Gasteiger partial charge is 0.0345 e. The van der Waals surface area contributed by atoms with Crippen LogP contribution in [0.1, 0.15) is 18.4 Å². The Morgan fingerprint density at radius 2 is 2.11 bits per heavy atom. The van der Waals surface area contributed by atoms with Crippen molar-refractivity contribution in [2.75, 3.05) is 31.5 Å². The van der Waals surface area contributed by atoms with Crippen molar-refractivity contribution in [1.82, 2.24) is 4.90 Å². The number of hydrogen-bond acceptors (Lipinski definition) is 3. The van der Waals surface area contributed by atoms with Crippen LogP contribution in [0.5, 0.6) is 0 Å². The SMILES string of the molecule is Cc1cc(NC2CCN(CCN)CC2)ccc1Br. The Balaban J connectivity index is 1.85. The predicted octanol–water partition coefficient (Wildman–Crippen LogP) is 2.59. The largest absolute Gasteiger partial charge is 0.382 e. The summed E-state index contributed by atoms with van der Waals surface area (Å²) in [7, 11) is 0. The summed E-state index contributed by atoms with van der Waals surface area (Å²) in [5.74, 6) is 0. The molecule has 1 saturated heterocycles. The zero-order valence-corrected chi connectivity index (χ0v) is 12.5. The molecule has 0 radical (unpaired) electrons. The van der Waals surface area contributed by atoms with Gasteiger partial charge in [-0.3, -0.25) is 0 Å². The van der Waals surface area contributed by atoms with E-state index in [-0.39, 0.29) is 0 Å². The second-order valence-electron chi connectivity index (χ2n) is 5.01. The lowest BCUT2D eigenvalue weighted by molar-refractivity contribution is 0.224. The van der Waals surface area contributed by atoms with Crippen LogP contribution < -0.4 is 11.1 Å². The Hall–Kier alpha value is -0.580. The third kappa shape index (κ3) is 3.70. The van der Waals surface area contributed by atoms with Crippen molar-refractivity contribution in [2.45, 2.75) is 25.8 Å². The van der Waals surface area contributed by atoms with Gasteiger partial charge in [-0.15, -0.1) is 0 Å². The van der Waals surface area contributed by atoms with Crippen LogP contribution >= 0.6 is 15.9 Å². The molecule has 1 aromatic carbocycles. The summed E-state index contributed by atoms with van der Waals surface area (Å²) in [5, 5.41) is 3.63. The molecule has 0 unspecified atom stereocenters. The highest BCUT2D eigenvalue weighted by Gasteiger charge is 2.18. The van der Waals surface area contributed by atoms with Crippen molar-refractivity contribution in [2.24, 2.45) is 5.73 Å². The summed E-state index contributed by atoms with van der Waals surface area (Å²) in [5.41, 5.74) is 8.09. The lowest BCUT2D eigenvalue weighted by atomic mass is 10.0. The first-order valence-corrected chi connectivity index (χ1v) is 7.43. The van der Waals surface area contributed by atoms with Crippen molar-refractivity contribution >= 4 is 21.6 Å². The van der Waals surface area contributed by atoms with Gasteiger partial charge in [0.15, 0.2) is 0 Å². The van der Waals surface area contributed by atoms with Gasteiger partial charge in [0.25, 0.3) is 0 Å². The Bertz CT molecular complexity index is 387. The average molecular weight is 312 g/mol. The summed E-state index contributed by atoms with van der Waals surface area (Å²) < 4.78 is 1.17. The second-order valence-corrected chi connectivity index (χ2v) is 5.87. The van der Waals surface area contributed by atoms with E-state index in [9.17, 15) is 0 Å². The normalized spacial score (nSPS) is 17.9. The molecule has 0 spiro atoms. The van der Waals surface area contributed by atoms with Crippen LogP contribution in [0.4, 0.5) is 5.69 Å². The Morgan fingerprint density at radius 1 is 1.39 bits per heavy atom. The minimum Gasteiger partial charge on any atom is -0.382 e. The van der Waals surface area contributed by atoms with Gasteiger partial charge in [0.2, 0.25) is 0 Å². The number of likely N-dealkylation sites (tertiary alicyclic amines) is 1. The number of nitrogens with two attached hydrogens (primary N) is 1. The maximum atomic E-state index is 5.59. The van der Waals surface area contributed by atoms with Gasteiger partial charge < -0.3 is 16.0 Å². The van der Waals surface area contributed by atoms with E-state index in [1.165, 1.54) is 28.6 Å². The monoisotopic (exact) mass is 311 g/mol. The fourth-order valence-electron chi connectivity index (χ4n) is 2.45. The van der Waals surface area contributed by atoms with Crippen LogP contribution in [-0.4, -0.2) is 37.1 Å².